The van der Waals surface area contributed by atoms with Gasteiger partial charge in [0.2, 0.25) is 0 Å². The van der Waals surface area contributed by atoms with Gasteiger partial charge in [0.1, 0.15) is 0 Å². The van der Waals surface area contributed by atoms with Crippen molar-refractivity contribution >= 4 is 24.9 Å². The van der Waals surface area contributed by atoms with Crippen LogP contribution in [-0.2, 0) is 18.8 Å². The second-order valence-corrected chi connectivity index (χ2v) is 8.96. The highest BCUT2D eigenvalue weighted by Crippen LogP contribution is 2.40. The predicted octanol–water partition coefficient (Wildman–Crippen LogP) is 4.09. The average molecular weight is 439 g/mol. The maximum absolute atomic E-state index is 12.8. The first-order valence-electron chi connectivity index (χ1n) is 10.9. The summed E-state index contributed by atoms with van der Waals surface area (Å²) in [6.45, 7) is 9.82. The van der Waals surface area contributed by atoms with Crippen LogP contribution in [0.5, 0.6) is 0 Å². The standard InChI is InChI=1S/C24H30BNO6/c1-7-8-13-19(25-31-23(2,3)24(4,5)32-25)18(22(29)30-6)14-15-26-20(27)16-11-9-10-12-17(16)21(26)28/h9-12,14-15H,7-8,13H2,1-6H3/b15-14+,19-18+. The summed E-state index contributed by atoms with van der Waals surface area (Å²) in [6, 6.07) is 6.63. The lowest BCUT2D eigenvalue weighted by molar-refractivity contribution is -0.135. The van der Waals surface area contributed by atoms with Gasteiger partial charge in [-0.15, -0.1) is 0 Å². The summed E-state index contributed by atoms with van der Waals surface area (Å²) < 4.78 is 17.4. The van der Waals surface area contributed by atoms with Crippen molar-refractivity contribution in [3.05, 3.63) is 58.7 Å². The molecule has 0 aliphatic carbocycles. The summed E-state index contributed by atoms with van der Waals surface area (Å²) in [7, 11) is 0.548. The van der Waals surface area contributed by atoms with Crippen LogP contribution in [0.3, 0.4) is 0 Å². The van der Waals surface area contributed by atoms with Crippen molar-refractivity contribution in [3.8, 4) is 0 Å². The van der Waals surface area contributed by atoms with Crippen LogP contribution in [0, 0.1) is 0 Å². The Morgan fingerprint density at radius 2 is 1.59 bits per heavy atom. The molecule has 0 unspecified atom stereocenters. The molecule has 8 heteroatoms. The van der Waals surface area contributed by atoms with E-state index in [-0.39, 0.29) is 5.57 Å². The van der Waals surface area contributed by atoms with Crippen LogP contribution in [0.2, 0.25) is 0 Å². The predicted molar refractivity (Wildman–Crippen MR) is 121 cm³/mol. The fraction of sp³-hybridized carbons (Fsp3) is 0.458. The van der Waals surface area contributed by atoms with Gasteiger partial charge in [0.05, 0.1) is 35.0 Å². The molecule has 3 rings (SSSR count). The third-order valence-electron chi connectivity index (χ3n) is 6.30. The molecule has 0 radical (unpaired) electrons. The van der Waals surface area contributed by atoms with E-state index in [4.69, 9.17) is 14.0 Å². The highest BCUT2D eigenvalue weighted by Gasteiger charge is 2.53. The molecule has 2 aliphatic rings. The van der Waals surface area contributed by atoms with Crippen molar-refractivity contribution in [3.63, 3.8) is 0 Å². The molecule has 0 N–H and O–H groups in total. The van der Waals surface area contributed by atoms with Gasteiger partial charge in [-0.05, 0) is 57.8 Å². The molecule has 1 saturated heterocycles. The van der Waals surface area contributed by atoms with E-state index in [2.05, 4.69) is 0 Å². The Hall–Kier alpha value is -2.71. The average Bonchev–Trinajstić information content (AvgIpc) is 3.12. The molecule has 0 bridgehead atoms. The van der Waals surface area contributed by atoms with Crippen molar-refractivity contribution in [1.82, 2.24) is 4.90 Å². The van der Waals surface area contributed by atoms with Gasteiger partial charge in [0, 0.05) is 6.20 Å². The highest BCUT2D eigenvalue weighted by molar-refractivity contribution is 6.55. The summed E-state index contributed by atoms with van der Waals surface area (Å²) >= 11 is 0. The quantitative estimate of drug-likeness (QED) is 0.209. The Morgan fingerprint density at radius 3 is 2.06 bits per heavy atom. The molecule has 170 valence electrons. The lowest BCUT2D eigenvalue weighted by atomic mass is 9.72. The monoisotopic (exact) mass is 439 g/mol. The van der Waals surface area contributed by atoms with Gasteiger partial charge in [-0.25, -0.2) is 9.69 Å². The molecule has 0 spiro atoms. The van der Waals surface area contributed by atoms with Crippen molar-refractivity contribution < 1.29 is 28.4 Å². The highest BCUT2D eigenvalue weighted by atomic mass is 16.7. The number of imide groups is 1. The first-order chi connectivity index (χ1) is 15.0. The maximum Gasteiger partial charge on any atom is 0.491 e. The van der Waals surface area contributed by atoms with Crippen molar-refractivity contribution in [2.24, 2.45) is 0 Å². The fourth-order valence-electron chi connectivity index (χ4n) is 3.64. The lowest BCUT2D eigenvalue weighted by Gasteiger charge is -2.32. The minimum absolute atomic E-state index is 0.219. The van der Waals surface area contributed by atoms with Crippen LogP contribution in [0.15, 0.2) is 47.6 Å². The van der Waals surface area contributed by atoms with E-state index < -0.39 is 36.1 Å². The largest absolute Gasteiger partial charge is 0.491 e. The molecule has 0 saturated carbocycles. The summed E-state index contributed by atoms with van der Waals surface area (Å²) in [5, 5.41) is 0. The first kappa shape index (κ1) is 23.9. The van der Waals surface area contributed by atoms with Crippen LogP contribution in [0.1, 0.15) is 74.6 Å². The van der Waals surface area contributed by atoms with E-state index >= 15 is 0 Å². The number of amides is 2. The Kier molecular flexibility index (Phi) is 6.76. The molecule has 2 aliphatic heterocycles. The zero-order valence-corrected chi connectivity index (χ0v) is 19.6. The van der Waals surface area contributed by atoms with Crippen LogP contribution in [0.25, 0.3) is 0 Å². The molecule has 2 heterocycles. The van der Waals surface area contributed by atoms with Crippen LogP contribution in [-0.4, -0.2) is 48.1 Å². The van der Waals surface area contributed by atoms with Gasteiger partial charge in [-0.1, -0.05) is 31.9 Å². The van der Waals surface area contributed by atoms with E-state index in [9.17, 15) is 14.4 Å². The Labute approximate surface area is 189 Å². The SMILES string of the molecule is CCCC/C(B1OC(C)(C)C(C)(C)O1)=C(/C=C/N1C(=O)c2ccccc2C1=O)C(=O)OC. The van der Waals surface area contributed by atoms with E-state index in [1.165, 1.54) is 19.4 Å². The Balaban J connectivity index is 2.01. The Morgan fingerprint density at radius 1 is 1.06 bits per heavy atom. The number of carbonyl (C=O) groups is 3. The van der Waals surface area contributed by atoms with Gasteiger partial charge >= 0.3 is 13.1 Å². The van der Waals surface area contributed by atoms with E-state index in [0.717, 1.165) is 17.7 Å². The zero-order chi connectivity index (χ0) is 23.7. The van der Waals surface area contributed by atoms with Crippen LogP contribution in [0.4, 0.5) is 0 Å². The van der Waals surface area contributed by atoms with E-state index in [1.54, 1.807) is 24.3 Å². The summed E-state index contributed by atoms with van der Waals surface area (Å²) in [4.78, 5) is 39.2. The summed E-state index contributed by atoms with van der Waals surface area (Å²) in [5.41, 5.74) is 0.359. The van der Waals surface area contributed by atoms with Gasteiger partial charge in [-0.2, -0.15) is 0 Å². The van der Waals surface area contributed by atoms with E-state index in [0.29, 0.717) is 23.0 Å². The molecule has 1 aromatic carbocycles. The fourth-order valence-corrected chi connectivity index (χ4v) is 3.64. The van der Waals surface area contributed by atoms with Crippen molar-refractivity contribution in [2.75, 3.05) is 7.11 Å². The van der Waals surface area contributed by atoms with Gasteiger partial charge < -0.3 is 14.0 Å². The van der Waals surface area contributed by atoms with Gasteiger partial charge in [0.25, 0.3) is 11.8 Å². The maximum atomic E-state index is 12.8. The number of hydrogen-bond acceptors (Lipinski definition) is 6. The van der Waals surface area contributed by atoms with E-state index in [1.807, 2.05) is 34.6 Å². The minimum Gasteiger partial charge on any atom is -0.465 e. The third-order valence-corrected chi connectivity index (χ3v) is 6.30. The first-order valence-corrected chi connectivity index (χ1v) is 10.9. The van der Waals surface area contributed by atoms with Crippen molar-refractivity contribution in [1.29, 1.82) is 0 Å². The molecular weight excluding hydrogens is 409 g/mol. The number of allylic oxidation sites excluding steroid dienone is 1. The molecular formula is C24H30BNO6. The molecule has 32 heavy (non-hydrogen) atoms. The number of ether oxygens (including phenoxy) is 1. The zero-order valence-electron chi connectivity index (χ0n) is 19.6. The minimum atomic E-state index is -0.743. The number of methoxy groups -OCH3 is 1. The van der Waals surface area contributed by atoms with Crippen LogP contribution >= 0.6 is 0 Å². The number of carbonyl (C=O) groups excluding carboxylic acids is 3. The topological polar surface area (TPSA) is 82.1 Å². The number of hydrogen-bond donors (Lipinski definition) is 0. The second-order valence-electron chi connectivity index (χ2n) is 8.96. The van der Waals surface area contributed by atoms with Crippen molar-refractivity contribution in [2.45, 2.75) is 65.1 Å². The third kappa shape index (κ3) is 4.29. The Bertz CT molecular complexity index is 943. The molecule has 0 atom stereocenters. The smallest absolute Gasteiger partial charge is 0.465 e. The molecule has 7 nitrogen and oxygen atoms in total. The molecule has 0 aromatic heterocycles. The lowest BCUT2D eigenvalue weighted by Crippen LogP contribution is -2.41. The van der Waals surface area contributed by atoms with Gasteiger partial charge in [0.15, 0.2) is 0 Å². The number of esters is 1. The number of fused-ring (bicyclic) bond motifs is 1. The number of nitrogens with zero attached hydrogens (tertiary/aromatic N) is 1. The summed E-state index contributed by atoms with van der Waals surface area (Å²) in [5.74, 6) is -1.45. The number of benzene rings is 1. The summed E-state index contributed by atoms with van der Waals surface area (Å²) in [6.07, 6.45) is 5.03. The number of unbranched alkanes of at least 4 members (excludes halogenated alkanes) is 1. The number of rotatable bonds is 7. The molecule has 2 amide bonds. The second kappa shape index (κ2) is 9.04. The van der Waals surface area contributed by atoms with Gasteiger partial charge in [-0.3, -0.25) is 9.59 Å². The molecule has 1 fully saturated rings. The normalized spacial score (nSPS) is 20.1. The van der Waals surface area contributed by atoms with Crippen LogP contribution < -0.4 is 0 Å². The molecule has 1 aromatic rings.